The molecule has 1 saturated heterocycles. The second-order valence-electron chi connectivity index (χ2n) is 4.14. The number of hydrogen-bond donors (Lipinski definition) is 1. The summed E-state index contributed by atoms with van der Waals surface area (Å²) in [5.74, 6) is 1.06. The molecule has 1 spiro atoms. The zero-order chi connectivity index (χ0) is 9.60. The van der Waals surface area contributed by atoms with E-state index >= 15 is 0 Å². The van der Waals surface area contributed by atoms with Gasteiger partial charge in [0, 0.05) is 17.6 Å². The number of ether oxygens (including phenoxy) is 1. The van der Waals surface area contributed by atoms with Crippen molar-refractivity contribution in [2.24, 2.45) is 0 Å². The van der Waals surface area contributed by atoms with Gasteiger partial charge in [-0.05, 0) is 30.5 Å². The molecule has 0 atom stereocenters. The van der Waals surface area contributed by atoms with E-state index in [1.165, 1.54) is 5.56 Å². The Kier molecular flexibility index (Phi) is 1.86. The summed E-state index contributed by atoms with van der Waals surface area (Å²) < 4.78 is 7.14. The van der Waals surface area contributed by atoms with Crippen LogP contribution >= 0.6 is 15.9 Å². The molecule has 14 heavy (non-hydrogen) atoms. The molecule has 2 aliphatic rings. The Hall–Kier alpha value is -0.540. The van der Waals surface area contributed by atoms with Crippen molar-refractivity contribution in [2.45, 2.75) is 18.4 Å². The molecule has 3 heteroatoms. The van der Waals surface area contributed by atoms with Gasteiger partial charge in [-0.25, -0.2) is 0 Å². The molecular formula is C11H12BrNO. The van der Waals surface area contributed by atoms with Crippen LogP contribution in [-0.2, 0) is 6.42 Å². The topological polar surface area (TPSA) is 21.3 Å². The Bertz CT molecular complexity index is 374. The molecule has 2 nitrogen and oxygen atoms in total. The molecule has 2 aliphatic heterocycles. The maximum Gasteiger partial charge on any atom is 0.134 e. The molecule has 0 radical (unpaired) electrons. The summed E-state index contributed by atoms with van der Waals surface area (Å²) >= 11 is 3.47. The van der Waals surface area contributed by atoms with Crippen molar-refractivity contribution in [2.75, 3.05) is 13.1 Å². The van der Waals surface area contributed by atoms with Gasteiger partial charge < -0.3 is 10.1 Å². The third kappa shape index (κ3) is 1.27. The lowest BCUT2D eigenvalue weighted by molar-refractivity contribution is -0.00237. The van der Waals surface area contributed by atoms with E-state index in [-0.39, 0.29) is 5.60 Å². The summed E-state index contributed by atoms with van der Waals surface area (Å²) in [6.07, 6.45) is 2.29. The number of nitrogens with one attached hydrogen (secondary N) is 1. The van der Waals surface area contributed by atoms with Crippen molar-refractivity contribution in [1.29, 1.82) is 0 Å². The van der Waals surface area contributed by atoms with E-state index in [0.717, 1.165) is 36.2 Å². The first-order valence-electron chi connectivity index (χ1n) is 4.96. The number of hydrogen-bond acceptors (Lipinski definition) is 2. The van der Waals surface area contributed by atoms with Gasteiger partial charge in [0.25, 0.3) is 0 Å². The van der Waals surface area contributed by atoms with Crippen molar-refractivity contribution in [3.8, 4) is 5.75 Å². The van der Waals surface area contributed by atoms with E-state index in [4.69, 9.17) is 4.74 Å². The van der Waals surface area contributed by atoms with Gasteiger partial charge in [-0.3, -0.25) is 0 Å². The minimum atomic E-state index is 0.105. The molecule has 74 valence electrons. The van der Waals surface area contributed by atoms with Gasteiger partial charge in [-0.1, -0.05) is 22.0 Å². The van der Waals surface area contributed by atoms with Gasteiger partial charge in [0.1, 0.15) is 11.4 Å². The molecule has 0 bridgehead atoms. The van der Waals surface area contributed by atoms with Crippen LogP contribution in [0.3, 0.4) is 0 Å². The van der Waals surface area contributed by atoms with Crippen LogP contribution in [0, 0.1) is 0 Å². The summed E-state index contributed by atoms with van der Waals surface area (Å²) in [6, 6.07) is 6.31. The van der Waals surface area contributed by atoms with Gasteiger partial charge in [0.05, 0.1) is 0 Å². The Morgan fingerprint density at radius 2 is 2.21 bits per heavy atom. The second-order valence-corrected chi connectivity index (χ2v) is 5.06. The zero-order valence-corrected chi connectivity index (χ0v) is 9.43. The lowest BCUT2D eigenvalue weighted by Gasteiger charge is -2.45. The van der Waals surface area contributed by atoms with Crippen LogP contribution in [0.1, 0.15) is 12.0 Å². The Morgan fingerprint density at radius 1 is 1.36 bits per heavy atom. The summed E-state index contributed by atoms with van der Waals surface area (Å²) in [4.78, 5) is 0. The van der Waals surface area contributed by atoms with E-state index in [0.29, 0.717) is 0 Å². The summed E-state index contributed by atoms with van der Waals surface area (Å²) in [6.45, 7) is 2.00. The molecule has 0 aliphatic carbocycles. The fourth-order valence-electron chi connectivity index (χ4n) is 2.13. The summed E-state index contributed by atoms with van der Waals surface area (Å²) in [5.41, 5.74) is 1.44. The van der Waals surface area contributed by atoms with Crippen molar-refractivity contribution in [3.05, 3.63) is 28.2 Å². The molecule has 1 N–H and O–H groups in total. The molecule has 0 unspecified atom stereocenters. The molecular weight excluding hydrogens is 242 g/mol. The van der Waals surface area contributed by atoms with Crippen molar-refractivity contribution in [3.63, 3.8) is 0 Å². The highest BCUT2D eigenvalue weighted by molar-refractivity contribution is 9.10. The van der Waals surface area contributed by atoms with E-state index in [1.54, 1.807) is 0 Å². The predicted molar refractivity (Wildman–Crippen MR) is 58.7 cm³/mol. The van der Waals surface area contributed by atoms with Crippen molar-refractivity contribution in [1.82, 2.24) is 5.32 Å². The first kappa shape index (κ1) is 8.74. The third-order valence-corrected chi connectivity index (χ3v) is 3.59. The van der Waals surface area contributed by atoms with Crippen LogP contribution in [-0.4, -0.2) is 18.7 Å². The Labute approximate surface area is 91.8 Å². The molecule has 0 amide bonds. The zero-order valence-electron chi connectivity index (χ0n) is 7.85. The van der Waals surface area contributed by atoms with Crippen LogP contribution in [0.25, 0.3) is 0 Å². The standard InChI is InChI=1S/C11H12BrNO/c12-9-2-1-8-3-4-11(6-13-7-11)14-10(8)5-9/h1-2,5,13H,3-4,6-7H2. The molecule has 1 aromatic carbocycles. The van der Waals surface area contributed by atoms with Gasteiger partial charge in [0.15, 0.2) is 0 Å². The van der Waals surface area contributed by atoms with Crippen LogP contribution < -0.4 is 10.1 Å². The number of benzene rings is 1. The highest BCUT2D eigenvalue weighted by Crippen LogP contribution is 2.36. The average molecular weight is 254 g/mol. The van der Waals surface area contributed by atoms with E-state index in [1.807, 2.05) is 0 Å². The predicted octanol–water partition coefficient (Wildman–Crippen LogP) is 2.12. The number of fused-ring (bicyclic) bond motifs is 1. The third-order valence-electron chi connectivity index (χ3n) is 3.10. The largest absolute Gasteiger partial charge is 0.484 e. The van der Waals surface area contributed by atoms with Gasteiger partial charge >= 0.3 is 0 Å². The van der Waals surface area contributed by atoms with Crippen molar-refractivity contribution >= 4 is 15.9 Å². The van der Waals surface area contributed by atoms with Crippen LogP contribution in [0.2, 0.25) is 0 Å². The van der Waals surface area contributed by atoms with E-state index in [2.05, 4.69) is 39.4 Å². The second kappa shape index (κ2) is 2.97. The van der Waals surface area contributed by atoms with Gasteiger partial charge in [0.2, 0.25) is 0 Å². The van der Waals surface area contributed by atoms with Crippen molar-refractivity contribution < 1.29 is 4.74 Å². The first-order valence-corrected chi connectivity index (χ1v) is 5.75. The molecule has 1 aromatic rings. The lowest BCUT2D eigenvalue weighted by atomic mass is 9.86. The summed E-state index contributed by atoms with van der Waals surface area (Å²) in [7, 11) is 0. The molecule has 3 rings (SSSR count). The van der Waals surface area contributed by atoms with Crippen LogP contribution in [0.15, 0.2) is 22.7 Å². The molecule has 1 fully saturated rings. The number of aryl methyl sites for hydroxylation is 1. The quantitative estimate of drug-likeness (QED) is 0.765. The molecule has 2 heterocycles. The normalized spacial score (nSPS) is 22.4. The minimum absolute atomic E-state index is 0.105. The maximum absolute atomic E-state index is 6.04. The maximum atomic E-state index is 6.04. The van der Waals surface area contributed by atoms with Gasteiger partial charge in [-0.15, -0.1) is 0 Å². The molecule has 0 saturated carbocycles. The Morgan fingerprint density at radius 3 is 2.93 bits per heavy atom. The van der Waals surface area contributed by atoms with E-state index in [9.17, 15) is 0 Å². The van der Waals surface area contributed by atoms with Crippen LogP contribution in [0.5, 0.6) is 5.75 Å². The smallest absolute Gasteiger partial charge is 0.134 e. The first-order chi connectivity index (χ1) is 6.77. The number of rotatable bonds is 0. The highest BCUT2D eigenvalue weighted by Gasteiger charge is 2.41. The van der Waals surface area contributed by atoms with Gasteiger partial charge in [-0.2, -0.15) is 0 Å². The fourth-order valence-corrected chi connectivity index (χ4v) is 2.47. The van der Waals surface area contributed by atoms with Crippen LogP contribution in [0.4, 0.5) is 0 Å². The minimum Gasteiger partial charge on any atom is -0.484 e. The lowest BCUT2D eigenvalue weighted by Crippen LogP contribution is -2.64. The molecule has 0 aromatic heterocycles. The Balaban J connectivity index is 1.96. The fraction of sp³-hybridized carbons (Fsp3) is 0.455. The summed E-state index contributed by atoms with van der Waals surface area (Å²) in [5, 5.41) is 3.28. The monoisotopic (exact) mass is 253 g/mol. The average Bonchev–Trinajstić information content (AvgIpc) is 2.14. The number of halogens is 1. The SMILES string of the molecule is Brc1ccc2c(c1)OC1(CC2)CNC1. The highest BCUT2D eigenvalue weighted by atomic mass is 79.9. The van der Waals surface area contributed by atoms with E-state index < -0.39 is 0 Å².